The van der Waals surface area contributed by atoms with Gasteiger partial charge in [-0.2, -0.15) is 5.10 Å². The molecular formula is C16H25N3O3S. The molecule has 0 radical (unpaired) electrons. The molecule has 1 aromatic rings. The summed E-state index contributed by atoms with van der Waals surface area (Å²) >= 11 is 0. The smallest absolute Gasteiger partial charge is 0.227 e. The standard InChI is InChI=1S/C16H25N3O3S/c1-12-9-13(2)19(17-12)10-15-5-3-4-7-18(15)16(20)14-6-8-23(21,22)11-14/h9,14-15H,3-8,10-11H2,1-2H3/t14-,15-/m0/s1. The van der Waals surface area contributed by atoms with Gasteiger partial charge in [-0.15, -0.1) is 0 Å². The van der Waals surface area contributed by atoms with Crippen LogP contribution in [0.3, 0.4) is 0 Å². The highest BCUT2D eigenvalue weighted by molar-refractivity contribution is 7.91. The summed E-state index contributed by atoms with van der Waals surface area (Å²) in [5, 5.41) is 4.50. The lowest BCUT2D eigenvalue weighted by Gasteiger charge is -2.37. The highest BCUT2D eigenvalue weighted by Crippen LogP contribution is 2.26. The first-order valence-electron chi connectivity index (χ1n) is 8.38. The van der Waals surface area contributed by atoms with Gasteiger partial charge in [0.1, 0.15) is 0 Å². The number of nitrogens with zero attached hydrogens (tertiary/aromatic N) is 3. The van der Waals surface area contributed by atoms with E-state index in [1.165, 1.54) is 0 Å². The molecular weight excluding hydrogens is 314 g/mol. The van der Waals surface area contributed by atoms with Crippen molar-refractivity contribution in [2.24, 2.45) is 5.92 Å². The van der Waals surface area contributed by atoms with E-state index in [1.54, 1.807) is 0 Å². The van der Waals surface area contributed by atoms with Gasteiger partial charge >= 0.3 is 0 Å². The quantitative estimate of drug-likeness (QED) is 0.832. The number of aromatic nitrogens is 2. The lowest BCUT2D eigenvalue weighted by atomic mass is 9.98. The first kappa shape index (κ1) is 16.5. The molecule has 1 aromatic heterocycles. The topological polar surface area (TPSA) is 72.3 Å². The van der Waals surface area contributed by atoms with Crippen molar-refractivity contribution in [3.05, 3.63) is 17.5 Å². The van der Waals surface area contributed by atoms with Crippen molar-refractivity contribution < 1.29 is 13.2 Å². The summed E-state index contributed by atoms with van der Waals surface area (Å²) < 4.78 is 25.3. The van der Waals surface area contributed by atoms with Crippen LogP contribution < -0.4 is 0 Å². The first-order chi connectivity index (χ1) is 10.9. The van der Waals surface area contributed by atoms with Crippen LogP contribution in [0.2, 0.25) is 0 Å². The maximum absolute atomic E-state index is 12.8. The molecule has 2 saturated heterocycles. The molecule has 0 aromatic carbocycles. The zero-order valence-electron chi connectivity index (χ0n) is 13.9. The Morgan fingerprint density at radius 2 is 2.09 bits per heavy atom. The zero-order chi connectivity index (χ0) is 16.6. The van der Waals surface area contributed by atoms with Crippen LogP contribution in [0.1, 0.15) is 37.1 Å². The lowest BCUT2D eigenvalue weighted by molar-refractivity contribution is -0.138. The van der Waals surface area contributed by atoms with Crippen molar-refractivity contribution in [2.45, 2.75) is 52.1 Å². The molecule has 0 unspecified atom stereocenters. The highest BCUT2D eigenvalue weighted by Gasteiger charge is 2.38. The molecule has 0 bridgehead atoms. The van der Waals surface area contributed by atoms with Crippen LogP contribution in [0, 0.1) is 19.8 Å². The number of amides is 1. The van der Waals surface area contributed by atoms with Gasteiger partial charge in [-0.05, 0) is 45.6 Å². The van der Waals surface area contributed by atoms with Gasteiger partial charge < -0.3 is 4.90 Å². The minimum Gasteiger partial charge on any atom is -0.338 e. The Hall–Kier alpha value is -1.37. The SMILES string of the molecule is Cc1cc(C)n(C[C@@H]2CCCCN2C(=O)[C@H]2CCS(=O)(=O)C2)n1. The number of carbonyl (C=O) groups is 1. The molecule has 1 amide bonds. The van der Waals surface area contributed by atoms with E-state index in [2.05, 4.69) is 5.10 Å². The molecule has 2 fully saturated rings. The van der Waals surface area contributed by atoms with E-state index < -0.39 is 9.84 Å². The third-order valence-electron chi connectivity index (χ3n) is 4.98. The van der Waals surface area contributed by atoms with Crippen LogP contribution in [-0.4, -0.2) is 53.1 Å². The van der Waals surface area contributed by atoms with E-state index >= 15 is 0 Å². The molecule has 0 aliphatic carbocycles. The Kier molecular flexibility index (Phi) is 4.49. The molecule has 0 N–H and O–H groups in total. The summed E-state index contributed by atoms with van der Waals surface area (Å²) in [6.45, 7) is 5.43. The van der Waals surface area contributed by atoms with Crippen LogP contribution in [-0.2, 0) is 21.2 Å². The van der Waals surface area contributed by atoms with Gasteiger partial charge in [0, 0.05) is 12.2 Å². The first-order valence-corrected chi connectivity index (χ1v) is 10.2. The number of likely N-dealkylation sites (tertiary alicyclic amines) is 1. The molecule has 7 heteroatoms. The largest absolute Gasteiger partial charge is 0.338 e. The van der Waals surface area contributed by atoms with Crippen molar-refractivity contribution in [1.82, 2.24) is 14.7 Å². The van der Waals surface area contributed by atoms with Crippen molar-refractivity contribution in [3.63, 3.8) is 0 Å². The molecule has 128 valence electrons. The minimum absolute atomic E-state index is 0.0228. The van der Waals surface area contributed by atoms with Gasteiger partial charge in [-0.3, -0.25) is 9.48 Å². The molecule has 0 spiro atoms. The number of hydrogen-bond acceptors (Lipinski definition) is 4. The average molecular weight is 339 g/mol. The fourth-order valence-electron chi connectivity index (χ4n) is 3.76. The van der Waals surface area contributed by atoms with Gasteiger partial charge in [0.05, 0.1) is 35.7 Å². The van der Waals surface area contributed by atoms with Gasteiger partial charge in [-0.1, -0.05) is 0 Å². The second kappa shape index (κ2) is 6.26. The van der Waals surface area contributed by atoms with Crippen LogP contribution in [0.25, 0.3) is 0 Å². The number of piperidine rings is 1. The fraction of sp³-hybridized carbons (Fsp3) is 0.750. The van der Waals surface area contributed by atoms with E-state index in [4.69, 9.17) is 0 Å². The molecule has 0 saturated carbocycles. The molecule has 3 rings (SSSR count). The monoisotopic (exact) mass is 339 g/mol. The molecule has 3 heterocycles. The third kappa shape index (κ3) is 3.59. The maximum atomic E-state index is 12.8. The Balaban J connectivity index is 1.73. The molecule has 2 aliphatic heterocycles. The Bertz CT molecular complexity index is 695. The van der Waals surface area contributed by atoms with Gasteiger partial charge in [0.15, 0.2) is 9.84 Å². The Morgan fingerprint density at radius 3 is 2.70 bits per heavy atom. The summed E-state index contributed by atoms with van der Waals surface area (Å²) in [4.78, 5) is 14.7. The van der Waals surface area contributed by atoms with Crippen molar-refractivity contribution in [1.29, 1.82) is 0 Å². The fourth-order valence-corrected chi connectivity index (χ4v) is 5.50. The van der Waals surface area contributed by atoms with Crippen LogP contribution in [0.15, 0.2) is 6.07 Å². The Labute approximate surface area is 137 Å². The van der Waals surface area contributed by atoms with Crippen molar-refractivity contribution in [2.75, 3.05) is 18.1 Å². The average Bonchev–Trinajstić information content (AvgIpc) is 3.01. The van der Waals surface area contributed by atoms with E-state index in [0.717, 1.165) is 37.2 Å². The van der Waals surface area contributed by atoms with Gasteiger partial charge in [-0.25, -0.2) is 8.42 Å². The second-order valence-corrected chi connectivity index (χ2v) is 9.12. The summed E-state index contributed by atoms with van der Waals surface area (Å²) in [6.07, 6.45) is 3.55. The number of hydrogen-bond donors (Lipinski definition) is 0. The summed E-state index contributed by atoms with van der Waals surface area (Å²) in [5.74, 6) is -0.146. The number of rotatable bonds is 3. The highest BCUT2D eigenvalue weighted by atomic mass is 32.2. The lowest BCUT2D eigenvalue weighted by Crippen LogP contribution is -2.48. The molecule has 2 atom stereocenters. The van der Waals surface area contributed by atoms with Crippen molar-refractivity contribution in [3.8, 4) is 0 Å². The third-order valence-corrected chi connectivity index (χ3v) is 6.75. The van der Waals surface area contributed by atoms with E-state index in [9.17, 15) is 13.2 Å². The predicted octanol–water partition coefficient (Wildman–Crippen LogP) is 1.32. The number of aryl methyl sites for hydroxylation is 2. The normalized spacial score (nSPS) is 27.3. The van der Waals surface area contributed by atoms with Crippen LogP contribution >= 0.6 is 0 Å². The second-order valence-electron chi connectivity index (χ2n) is 6.89. The van der Waals surface area contributed by atoms with Crippen LogP contribution in [0.5, 0.6) is 0 Å². The van der Waals surface area contributed by atoms with Crippen molar-refractivity contribution >= 4 is 15.7 Å². The van der Waals surface area contributed by atoms with Crippen LogP contribution in [0.4, 0.5) is 0 Å². The Morgan fingerprint density at radius 1 is 1.30 bits per heavy atom. The van der Waals surface area contributed by atoms with E-state index in [0.29, 0.717) is 13.0 Å². The van der Waals surface area contributed by atoms with Gasteiger partial charge in [0.25, 0.3) is 0 Å². The maximum Gasteiger partial charge on any atom is 0.227 e. The van der Waals surface area contributed by atoms with E-state index in [1.807, 2.05) is 29.5 Å². The molecule has 2 aliphatic rings. The summed E-state index contributed by atoms with van der Waals surface area (Å²) in [7, 11) is -3.02. The number of sulfone groups is 1. The molecule has 23 heavy (non-hydrogen) atoms. The minimum atomic E-state index is -3.02. The van der Waals surface area contributed by atoms with E-state index in [-0.39, 0.29) is 29.4 Å². The van der Waals surface area contributed by atoms with Gasteiger partial charge in [0.2, 0.25) is 5.91 Å². The molecule has 6 nitrogen and oxygen atoms in total. The number of carbonyl (C=O) groups excluding carboxylic acids is 1. The predicted molar refractivity (Wildman–Crippen MR) is 87.8 cm³/mol. The summed E-state index contributed by atoms with van der Waals surface area (Å²) in [5.41, 5.74) is 2.09. The zero-order valence-corrected chi connectivity index (χ0v) is 14.7. The summed E-state index contributed by atoms with van der Waals surface area (Å²) in [6, 6.07) is 2.16.